The summed E-state index contributed by atoms with van der Waals surface area (Å²) in [6.45, 7) is 12.2. The third-order valence-corrected chi connectivity index (χ3v) is 4.20. The minimum atomic E-state index is -0.553. The first kappa shape index (κ1) is 22.9. The Morgan fingerprint density at radius 3 is 1.70 bits per heavy atom. The van der Waals surface area contributed by atoms with Crippen molar-refractivity contribution in [3.05, 3.63) is 57.1 Å². The van der Waals surface area contributed by atoms with Gasteiger partial charge in [-0.15, -0.1) is 0 Å². The summed E-state index contributed by atoms with van der Waals surface area (Å²) in [6.07, 6.45) is 0. The van der Waals surface area contributed by atoms with Crippen molar-refractivity contribution >= 4 is 29.1 Å². The summed E-state index contributed by atoms with van der Waals surface area (Å²) >= 11 is 11.6. The Bertz CT molecular complexity index is 875. The van der Waals surface area contributed by atoms with Gasteiger partial charge in [0.05, 0.1) is 11.1 Å². The quantitative estimate of drug-likeness (QED) is 0.671. The molecule has 0 unspecified atom stereocenters. The lowest BCUT2D eigenvalue weighted by Crippen LogP contribution is -2.17. The maximum absolute atomic E-state index is 10.9. The Hall–Kier alpha value is -2.16. The number of aromatic nitrogens is 2. The number of pyridine rings is 2. The van der Waals surface area contributed by atoms with E-state index in [1.54, 1.807) is 18.2 Å². The SMILES string of the molecule is CC(C)(C)c1ccc(C#N)c(Cl)n1.CC(C)(C)c1ccc(C(N)=O)c(Cl)n1. The maximum atomic E-state index is 10.9. The van der Waals surface area contributed by atoms with Crippen LogP contribution in [0.5, 0.6) is 0 Å². The summed E-state index contributed by atoms with van der Waals surface area (Å²) in [4.78, 5) is 19.2. The van der Waals surface area contributed by atoms with Crippen molar-refractivity contribution in [2.45, 2.75) is 52.4 Å². The van der Waals surface area contributed by atoms with Crippen molar-refractivity contribution in [1.82, 2.24) is 9.97 Å². The van der Waals surface area contributed by atoms with E-state index in [4.69, 9.17) is 34.2 Å². The first-order valence-corrected chi connectivity index (χ1v) is 9.07. The highest BCUT2D eigenvalue weighted by atomic mass is 35.5. The van der Waals surface area contributed by atoms with E-state index in [2.05, 4.69) is 30.7 Å². The smallest absolute Gasteiger partial charge is 0.251 e. The average molecular weight is 407 g/mol. The molecule has 2 heterocycles. The van der Waals surface area contributed by atoms with Crippen LogP contribution in [-0.4, -0.2) is 15.9 Å². The molecule has 7 heteroatoms. The van der Waals surface area contributed by atoms with Crippen LogP contribution >= 0.6 is 23.2 Å². The monoisotopic (exact) mass is 406 g/mol. The third-order valence-electron chi connectivity index (χ3n) is 3.62. The molecule has 0 saturated heterocycles. The van der Waals surface area contributed by atoms with Gasteiger partial charge in [0.15, 0.2) is 0 Å². The second kappa shape index (κ2) is 8.69. The van der Waals surface area contributed by atoms with E-state index in [9.17, 15) is 4.79 Å². The zero-order chi connectivity index (χ0) is 21.0. The number of nitrogens with zero attached hydrogens (tertiary/aromatic N) is 3. The highest BCUT2D eigenvalue weighted by molar-refractivity contribution is 6.32. The Labute approximate surface area is 170 Å². The lowest BCUT2D eigenvalue weighted by molar-refractivity contribution is 0.1000. The largest absolute Gasteiger partial charge is 0.366 e. The van der Waals surface area contributed by atoms with Crippen LogP contribution in [0.25, 0.3) is 0 Å². The Kier molecular flexibility index (Phi) is 7.36. The Morgan fingerprint density at radius 2 is 1.37 bits per heavy atom. The molecule has 2 N–H and O–H groups in total. The van der Waals surface area contributed by atoms with Gasteiger partial charge in [-0.05, 0) is 24.3 Å². The van der Waals surface area contributed by atoms with Crippen molar-refractivity contribution in [3.63, 3.8) is 0 Å². The van der Waals surface area contributed by atoms with Crippen molar-refractivity contribution in [1.29, 1.82) is 5.26 Å². The number of halogens is 2. The molecule has 0 spiro atoms. The fourth-order valence-corrected chi connectivity index (χ4v) is 2.41. The number of rotatable bonds is 1. The molecular formula is C20H24Cl2N4O. The average Bonchev–Trinajstić information content (AvgIpc) is 2.53. The molecule has 0 aliphatic carbocycles. The lowest BCUT2D eigenvalue weighted by atomic mass is 9.91. The highest BCUT2D eigenvalue weighted by Gasteiger charge is 2.18. The first-order valence-electron chi connectivity index (χ1n) is 8.31. The van der Waals surface area contributed by atoms with E-state index in [0.717, 1.165) is 11.4 Å². The molecule has 0 saturated carbocycles. The van der Waals surface area contributed by atoms with Crippen LogP contribution in [0, 0.1) is 11.3 Å². The van der Waals surface area contributed by atoms with Crippen LogP contribution in [0.15, 0.2) is 24.3 Å². The summed E-state index contributed by atoms with van der Waals surface area (Å²) in [6, 6.07) is 8.90. The summed E-state index contributed by atoms with van der Waals surface area (Å²) in [5.74, 6) is -0.553. The van der Waals surface area contributed by atoms with Gasteiger partial charge in [-0.2, -0.15) is 5.26 Å². The standard InChI is InChI=1S/C10H13ClN2O.C10H11ClN2/c1-10(2,3)7-5-4-6(9(12)14)8(11)13-7;1-10(2,3)8-5-4-7(6-12)9(11)13-8/h4-5H,1-3H3,(H2,12,14);4-5H,1-3H3. The van der Waals surface area contributed by atoms with Gasteiger partial charge in [-0.3, -0.25) is 4.79 Å². The molecule has 0 bridgehead atoms. The number of nitriles is 1. The van der Waals surface area contributed by atoms with Crippen LogP contribution in [0.3, 0.4) is 0 Å². The van der Waals surface area contributed by atoms with E-state index >= 15 is 0 Å². The van der Waals surface area contributed by atoms with E-state index in [-0.39, 0.29) is 26.7 Å². The molecule has 0 atom stereocenters. The molecule has 0 aliphatic heterocycles. The Morgan fingerprint density at radius 1 is 0.926 bits per heavy atom. The number of hydrogen-bond donors (Lipinski definition) is 1. The van der Waals surface area contributed by atoms with Gasteiger partial charge in [0.1, 0.15) is 16.4 Å². The fraction of sp³-hybridized carbons (Fsp3) is 0.400. The minimum Gasteiger partial charge on any atom is -0.366 e. The molecule has 0 aromatic carbocycles. The second-order valence-electron chi connectivity index (χ2n) is 8.05. The van der Waals surface area contributed by atoms with Crippen LogP contribution in [0.2, 0.25) is 10.3 Å². The summed E-state index contributed by atoms with van der Waals surface area (Å²) in [5, 5.41) is 9.10. The molecular weight excluding hydrogens is 383 g/mol. The maximum Gasteiger partial charge on any atom is 0.251 e. The van der Waals surface area contributed by atoms with Gasteiger partial charge in [0.2, 0.25) is 0 Å². The molecule has 2 rings (SSSR count). The number of nitrogens with two attached hydrogens (primary N) is 1. The predicted molar refractivity (Wildman–Crippen MR) is 109 cm³/mol. The normalized spacial score (nSPS) is 11.2. The summed E-state index contributed by atoms with van der Waals surface area (Å²) in [7, 11) is 0. The van der Waals surface area contributed by atoms with Gasteiger partial charge in [0, 0.05) is 22.2 Å². The van der Waals surface area contributed by atoms with Gasteiger partial charge >= 0.3 is 0 Å². The van der Waals surface area contributed by atoms with Crippen LogP contribution in [0.1, 0.15) is 68.9 Å². The number of carbonyl (C=O) groups is 1. The zero-order valence-corrected chi connectivity index (χ0v) is 17.9. The lowest BCUT2D eigenvalue weighted by Gasteiger charge is -2.17. The van der Waals surface area contributed by atoms with Gasteiger partial charge in [-0.25, -0.2) is 9.97 Å². The summed E-state index contributed by atoms with van der Waals surface area (Å²) in [5.41, 5.74) is 7.43. The van der Waals surface area contributed by atoms with Gasteiger partial charge in [0.25, 0.3) is 5.91 Å². The number of hydrogen-bond acceptors (Lipinski definition) is 4. The van der Waals surface area contributed by atoms with E-state index in [1.807, 2.05) is 32.9 Å². The van der Waals surface area contributed by atoms with Gasteiger partial charge in [-0.1, -0.05) is 64.7 Å². The second-order valence-corrected chi connectivity index (χ2v) is 8.76. The molecule has 2 aromatic rings. The molecule has 0 aliphatic rings. The van der Waals surface area contributed by atoms with Crippen LogP contribution < -0.4 is 5.73 Å². The summed E-state index contributed by atoms with van der Waals surface area (Å²) < 4.78 is 0. The van der Waals surface area contributed by atoms with Crippen LogP contribution in [0.4, 0.5) is 0 Å². The predicted octanol–water partition coefficient (Wildman–Crippen LogP) is 5.04. The van der Waals surface area contributed by atoms with Crippen molar-refractivity contribution < 1.29 is 4.79 Å². The molecule has 1 amide bonds. The molecule has 0 radical (unpaired) electrons. The molecule has 5 nitrogen and oxygen atoms in total. The van der Waals surface area contributed by atoms with Crippen molar-refractivity contribution in [2.75, 3.05) is 0 Å². The number of primary amides is 1. The Balaban J connectivity index is 0.000000271. The van der Waals surface area contributed by atoms with E-state index in [1.165, 1.54) is 0 Å². The number of carbonyl (C=O) groups excluding carboxylic acids is 1. The number of amides is 1. The molecule has 2 aromatic heterocycles. The van der Waals surface area contributed by atoms with E-state index in [0.29, 0.717) is 5.56 Å². The highest BCUT2D eigenvalue weighted by Crippen LogP contribution is 2.24. The third kappa shape index (κ3) is 6.50. The molecule has 144 valence electrons. The van der Waals surface area contributed by atoms with Crippen molar-refractivity contribution in [2.24, 2.45) is 5.73 Å². The fourth-order valence-electron chi connectivity index (χ4n) is 1.97. The first-order chi connectivity index (χ1) is 12.3. The van der Waals surface area contributed by atoms with Gasteiger partial charge < -0.3 is 5.73 Å². The van der Waals surface area contributed by atoms with E-state index < -0.39 is 5.91 Å². The molecule has 0 fully saturated rings. The van der Waals surface area contributed by atoms with Crippen LogP contribution in [-0.2, 0) is 10.8 Å². The zero-order valence-electron chi connectivity index (χ0n) is 16.4. The van der Waals surface area contributed by atoms with Crippen molar-refractivity contribution in [3.8, 4) is 6.07 Å². The topological polar surface area (TPSA) is 92.7 Å². The molecule has 27 heavy (non-hydrogen) atoms. The minimum absolute atomic E-state index is 0.0301.